The summed E-state index contributed by atoms with van der Waals surface area (Å²) < 4.78 is 5.93. The molecule has 1 heterocycles. The molecular formula is C17H18O2. The number of fused-ring (bicyclic) bond motifs is 2. The maximum atomic E-state index is 10.6. The summed E-state index contributed by atoms with van der Waals surface area (Å²) in [7, 11) is 0. The van der Waals surface area contributed by atoms with Crippen LogP contribution in [-0.2, 0) is 0 Å². The van der Waals surface area contributed by atoms with Crippen LogP contribution in [0, 0.1) is 5.92 Å². The van der Waals surface area contributed by atoms with Crippen molar-refractivity contribution in [2.24, 2.45) is 5.92 Å². The summed E-state index contributed by atoms with van der Waals surface area (Å²) in [6.45, 7) is 4.09. The maximum absolute atomic E-state index is 10.6. The molecule has 2 heteroatoms. The Morgan fingerprint density at radius 3 is 1.84 bits per heavy atom. The Morgan fingerprint density at radius 1 is 0.895 bits per heavy atom. The van der Waals surface area contributed by atoms with Gasteiger partial charge in [0, 0.05) is 17.0 Å². The number of hydrogen-bond donors (Lipinski definition) is 1. The molecule has 2 aromatic carbocycles. The fourth-order valence-electron chi connectivity index (χ4n) is 2.70. The fraction of sp³-hybridized carbons (Fsp3) is 0.294. The van der Waals surface area contributed by atoms with Crippen LogP contribution >= 0.6 is 0 Å². The molecule has 1 unspecified atom stereocenters. The molecule has 0 aromatic heterocycles. The Balaban J connectivity index is 2.16. The van der Waals surface area contributed by atoms with Crippen molar-refractivity contribution in [2.75, 3.05) is 0 Å². The van der Waals surface area contributed by atoms with Gasteiger partial charge in [0.2, 0.25) is 0 Å². The van der Waals surface area contributed by atoms with Gasteiger partial charge < -0.3 is 9.84 Å². The lowest BCUT2D eigenvalue weighted by molar-refractivity contribution is 0.105. The van der Waals surface area contributed by atoms with Crippen molar-refractivity contribution >= 4 is 0 Å². The highest BCUT2D eigenvalue weighted by atomic mass is 16.5. The normalized spacial score (nSPS) is 15.6. The lowest BCUT2D eigenvalue weighted by Gasteiger charge is -2.33. The van der Waals surface area contributed by atoms with Gasteiger partial charge in [-0.2, -0.15) is 0 Å². The van der Waals surface area contributed by atoms with Gasteiger partial charge in [-0.25, -0.2) is 0 Å². The minimum absolute atomic E-state index is 0.0128. The van der Waals surface area contributed by atoms with Crippen LogP contribution < -0.4 is 4.74 Å². The molecule has 19 heavy (non-hydrogen) atoms. The highest BCUT2D eigenvalue weighted by molar-refractivity contribution is 5.54. The summed E-state index contributed by atoms with van der Waals surface area (Å²) in [5, 5.41) is 10.6. The standard InChI is InChI=1S/C17H18O2/c1-11(2)17(18)16-12-7-3-5-9-14(12)19-15-10-6-4-8-13(15)16/h3-11,16-18H,1-2H3. The first-order chi connectivity index (χ1) is 9.18. The minimum atomic E-state index is -0.411. The number of benzene rings is 2. The molecule has 0 bridgehead atoms. The smallest absolute Gasteiger partial charge is 0.131 e. The van der Waals surface area contributed by atoms with Gasteiger partial charge in [0.25, 0.3) is 0 Å². The third kappa shape index (κ3) is 2.02. The van der Waals surface area contributed by atoms with Crippen molar-refractivity contribution in [2.45, 2.75) is 25.9 Å². The third-order valence-corrected chi connectivity index (χ3v) is 3.75. The molecule has 1 N–H and O–H groups in total. The molecule has 0 radical (unpaired) electrons. The Labute approximate surface area is 113 Å². The van der Waals surface area contributed by atoms with Gasteiger partial charge in [-0.1, -0.05) is 50.2 Å². The summed E-state index contributed by atoms with van der Waals surface area (Å²) >= 11 is 0. The Kier molecular flexibility index (Phi) is 3.03. The van der Waals surface area contributed by atoms with E-state index < -0.39 is 6.10 Å². The zero-order valence-electron chi connectivity index (χ0n) is 11.2. The molecule has 1 aliphatic rings. The van der Waals surface area contributed by atoms with Gasteiger partial charge in [0.05, 0.1) is 6.10 Å². The molecule has 3 rings (SSSR count). The molecule has 2 aromatic rings. The molecule has 0 saturated heterocycles. The van der Waals surface area contributed by atoms with Gasteiger partial charge in [-0.05, 0) is 18.1 Å². The lowest BCUT2D eigenvalue weighted by Crippen LogP contribution is -2.27. The van der Waals surface area contributed by atoms with Crippen molar-refractivity contribution < 1.29 is 9.84 Å². The number of aliphatic hydroxyl groups excluding tert-OH is 1. The fourth-order valence-corrected chi connectivity index (χ4v) is 2.70. The summed E-state index contributed by atoms with van der Waals surface area (Å²) in [6.07, 6.45) is -0.411. The zero-order chi connectivity index (χ0) is 13.4. The molecule has 2 nitrogen and oxygen atoms in total. The summed E-state index contributed by atoms with van der Waals surface area (Å²) in [4.78, 5) is 0. The average Bonchev–Trinajstić information content (AvgIpc) is 2.43. The summed E-state index contributed by atoms with van der Waals surface area (Å²) in [5.41, 5.74) is 2.14. The number of aliphatic hydroxyl groups is 1. The molecular weight excluding hydrogens is 236 g/mol. The molecule has 0 spiro atoms. The third-order valence-electron chi connectivity index (χ3n) is 3.75. The van der Waals surface area contributed by atoms with Gasteiger partial charge in [0.1, 0.15) is 11.5 Å². The molecule has 0 amide bonds. The molecule has 98 valence electrons. The van der Waals surface area contributed by atoms with Crippen molar-refractivity contribution in [3.8, 4) is 11.5 Å². The first-order valence-electron chi connectivity index (χ1n) is 6.72. The van der Waals surface area contributed by atoms with E-state index in [2.05, 4.69) is 0 Å². The Hall–Kier alpha value is -1.80. The monoisotopic (exact) mass is 254 g/mol. The van der Waals surface area contributed by atoms with Crippen LogP contribution in [0.5, 0.6) is 11.5 Å². The first kappa shape index (κ1) is 12.2. The summed E-state index contributed by atoms with van der Waals surface area (Å²) in [5.74, 6) is 1.89. The van der Waals surface area contributed by atoms with E-state index in [1.807, 2.05) is 62.4 Å². The van der Waals surface area contributed by atoms with Crippen molar-refractivity contribution in [3.63, 3.8) is 0 Å². The second-order valence-electron chi connectivity index (χ2n) is 5.39. The van der Waals surface area contributed by atoms with E-state index in [4.69, 9.17) is 4.74 Å². The molecule has 0 aliphatic carbocycles. The maximum Gasteiger partial charge on any atom is 0.131 e. The lowest BCUT2D eigenvalue weighted by atomic mass is 9.80. The quantitative estimate of drug-likeness (QED) is 0.879. The van der Waals surface area contributed by atoms with Crippen LogP contribution in [0.2, 0.25) is 0 Å². The molecule has 0 saturated carbocycles. The van der Waals surface area contributed by atoms with Crippen LogP contribution in [-0.4, -0.2) is 11.2 Å². The first-order valence-corrected chi connectivity index (χ1v) is 6.72. The highest BCUT2D eigenvalue weighted by Gasteiger charge is 2.33. The summed E-state index contributed by atoms with van der Waals surface area (Å²) in [6, 6.07) is 15.9. The van der Waals surface area contributed by atoms with E-state index in [9.17, 15) is 5.11 Å². The number of hydrogen-bond acceptors (Lipinski definition) is 2. The van der Waals surface area contributed by atoms with Crippen LogP contribution in [0.25, 0.3) is 0 Å². The van der Waals surface area contributed by atoms with Crippen LogP contribution in [0.4, 0.5) is 0 Å². The van der Waals surface area contributed by atoms with Crippen LogP contribution in [0.3, 0.4) is 0 Å². The van der Waals surface area contributed by atoms with Crippen molar-refractivity contribution in [1.29, 1.82) is 0 Å². The topological polar surface area (TPSA) is 29.5 Å². The zero-order valence-corrected chi connectivity index (χ0v) is 11.2. The number of rotatable bonds is 2. The second-order valence-corrected chi connectivity index (χ2v) is 5.39. The average molecular weight is 254 g/mol. The SMILES string of the molecule is CC(C)C(O)C1c2ccccc2Oc2ccccc21. The Morgan fingerprint density at radius 2 is 1.37 bits per heavy atom. The van der Waals surface area contributed by atoms with E-state index in [1.54, 1.807) is 0 Å². The van der Waals surface area contributed by atoms with Crippen molar-refractivity contribution in [1.82, 2.24) is 0 Å². The molecule has 1 atom stereocenters. The highest BCUT2D eigenvalue weighted by Crippen LogP contribution is 2.46. The van der Waals surface area contributed by atoms with E-state index >= 15 is 0 Å². The molecule has 1 aliphatic heterocycles. The largest absolute Gasteiger partial charge is 0.457 e. The predicted molar refractivity (Wildman–Crippen MR) is 75.6 cm³/mol. The Bertz CT molecular complexity index is 544. The van der Waals surface area contributed by atoms with E-state index in [0.717, 1.165) is 22.6 Å². The van der Waals surface area contributed by atoms with E-state index in [1.165, 1.54) is 0 Å². The molecule has 0 fully saturated rings. The second kappa shape index (κ2) is 4.71. The number of ether oxygens (including phenoxy) is 1. The van der Waals surface area contributed by atoms with Crippen LogP contribution in [0.1, 0.15) is 30.9 Å². The van der Waals surface area contributed by atoms with Gasteiger partial charge >= 0.3 is 0 Å². The van der Waals surface area contributed by atoms with Gasteiger partial charge in [0.15, 0.2) is 0 Å². The van der Waals surface area contributed by atoms with Gasteiger partial charge in [-0.15, -0.1) is 0 Å². The van der Waals surface area contributed by atoms with E-state index in [-0.39, 0.29) is 11.8 Å². The van der Waals surface area contributed by atoms with Crippen molar-refractivity contribution in [3.05, 3.63) is 59.7 Å². The number of para-hydroxylation sites is 2. The van der Waals surface area contributed by atoms with E-state index in [0.29, 0.717) is 0 Å². The minimum Gasteiger partial charge on any atom is -0.457 e. The predicted octanol–water partition coefficient (Wildman–Crippen LogP) is 3.94. The van der Waals surface area contributed by atoms with Crippen LogP contribution in [0.15, 0.2) is 48.5 Å². The van der Waals surface area contributed by atoms with Gasteiger partial charge in [-0.3, -0.25) is 0 Å².